The van der Waals surface area contributed by atoms with Crippen LogP contribution in [0.5, 0.6) is 0 Å². The summed E-state index contributed by atoms with van der Waals surface area (Å²) in [5.41, 5.74) is 0. The van der Waals surface area contributed by atoms with Crippen LogP contribution in [-0.4, -0.2) is 23.3 Å². The lowest BCUT2D eigenvalue weighted by Gasteiger charge is -2.11. The van der Waals surface area contributed by atoms with Gasteiger partial charge < -0.3 is 9.84 Å². The molecule has 0 spiro atoms. The van der Waals surface area contributed by atoms with Crippen LogP contribution in [0.25, 0.3) is 0 Å². The van der Waals surface area contributed by atoms with Crippen LogP contribution in [0, 0.1) is 5.92 Å². The van der Waals surface area contributed by atoms with Gasteiger partial charge in [-0.1, -0.05) is 96.1 Å². The molecule has 3 nitrogen and oxygen atoms in total. The Morgan fingerprint density at radius 1 is 0.786 bits per heavy atom. The molecule has 1 saturated heterocycles. The fraction of sp³-hybridized carbons (Fsp3) is 0.880. The predicted molar refractivity (Wildman–Crippen MR) is 118 cm³/mol. The van der Waals surface area contributed by atoms with E-state index in [4.69, 9.17) is 4.74 Å². The van der Waals surface area contributed by atoms with Gasteiger partial charge in [-0.2, -0.15) is 0 Å². The van der Waals surface area contributed by atoms with Crippen LogP contribution in [-0.2, 0) is 9.53 Å². The minimum absolute atomic E-state index is 0.207. The van der Waals surface area contributed by atoms with Crippen LogP contribution >= 0.6 is 0 Å². The first-order valence-electron chi connectivity index (χ1n) is 12.2. The van der Waals surface area contributed by atoms with E-state index in [9.17, 15) is 9.90 Å². The SMILES string of the molecule is CCCCCCCC/C=C\CCCCCCCCCC[C@H]1C(=O)O[C@H](C)[C@@H]1O. The smallest absolute Gasteiger partial charge is 0.312 e. The topological polar surface area (TPSA) is 46.5 Å². The number of aliphatic hydroxyl groups is 1. The van der Waals surface area contributed by atoms with Crippen LogP contribution < -0.4 is 0 Å². The van der Waals surface area contributed by atoms with E-state index in [1.165, 1.54) is 89.9 Å². The average Bonchev–Trinajstić information content (AvgIpc) is 2.92. The first kappa shape index (κ1) is 25.2. The Labute approximate surface area is 174 Å². The van der Waals surface area contributed by atoms with E-state index < -0.39 is 6.10 Å². The van der Waals surface area contributed by atoms with Crippen molar-refractivity contribution in [3.05, 3.63) is 12.2 Å². The van der Waals surface area contributed by atoms with Gasteiger partial charge in [0.1, 0.15) is 12.2 Å². The lowest BCUT2D eigenvalue weighted by atomic mass is 9.95. The number of aliphatic hydroxyl groups excluding tert-OH is 1. The number of esters is 1. The molecule has 0 saturated carbocycles. The molecule has 3 heteroatoms. The third-order valence-electron chi connectivity index (χ3n) is 6.02. The van der Waals surface area contributed by atoms with Gasteiger partial charge in [-0.3, -0.25) is 4.79 Å². The largest absolute Gasteiger partial charge is 0.460 e. The summed E-state index contributed by atoms with van der Waals surface area (Å²) in [6.07, 6.45) is 25.5. The van der Waals surface area contributed by atoms with Crippen molar-refractivity contribution in [2.45, 2.75) is 135 Å². The second kappa shape index (κ2) is 17.1. The first-order valence-corrected chi connectivity index (χ1v) is 12.2. The van der Waals surface area contributed by atoms with E-state index in [2.05, 4.69) is 19.1 Å². The molecule has 1 aliphatic heterocycles. The Kier molecular flexibility index (Phi) is 15.4. The van der Waals surface area contributed by atoms with Crippen LogP contribution in [0.2, 0.25) is 0 Å². The quantitative estimate of drug-likeness (QED) is 0.153. The Hall–Kier alpha value is -0.830. The van der Waals surface area contributed by atoms with Gasteiger partial charge in [0.15, 0.2) is 0 Å². The minimum atomic E-state index is -0.604. The zero-order valence-electron chi connectivity index (χ0n) is 18.7. The first-order chi connectivity index (χ1) is 13.7. The molecule has 0 amide bonds. The molecule has 1 rings (SSSR count). The molecule has 1 heterocycles. The van der Waals surface area contributed by atoms with Crippen molar-refractivity contribution in [2.75, 3.05) is 0 Å². The van der Waals surface area contributed by atoms with E-state index in [1.807, 2.05) is 0 Å². The van der Waals surface area contributed by atoms with Crippen molar-refractivity contribution in [2.24, 2.45) is 5.92 Å². The summed E-state index contributed by atoms with van der Waals surface area (Å²) in [4.78, 5) is 11.6. The number of hydrogen-bond acceptors (Lipinski definition) is 3. The third-order valence-corrected chi connectivity index (χ3v) is 6.02. The van der Waals surface area contributed by atoms with Gasteiger partial charge >= 0.3 is 5.97 Å². The van der Waals surface area contributed by atoms with Gasteiger partial charge in [0.05, 0.1) is 5.92 Å². The molecule has 28 heavy (non-hydrogen) atoms. The summed E-state index contributed by atoms with van der Waals surface area (Å²) < 4.78 is 5.08. The van der Waals surface area contributed by atoms with Crippen molar-refractivity contribution in [3.63, 3.8) is 0 Å². The second-order valence-electron chi connectivity index (χ2n) is 8.67. The molecular weight excluding hydrogens is 348 g/mol. The molecular formula is C25H46O3. The summed E-state index contributed by atoms with van der Waals surface area (Å²) in [7, 11) is 0. The lowest BCUT2D eigenvalue weighted by molar-refractivity contribution is -0.143. The van der Waals surface area contributed by atoms with Crippen LogP contribution in [0.4, 0.5) is 0 Å². The summed E-state index contributed by atoms with van der Waals surface area (Å²) in [6, 6.07) is 0. The van der Waals surface area contributed by atoms with E-state index >= 15 is 0 Å². The predicted octanol–water partition coefficient (Wildman–Crippen LogP) is 7.12. The Morgan fingerprint density at radius 3 is 1.71 bits per heavy atom. The number of carbonyl (C=O) groups is 1. The normalized spacial score (nSPS) is 22.2. The number of hydrogen-bond donors (Lipinski definition) is 1. The minimum Gasteiger partial charge on any atom is -0.460 e. The summed E-state index contributed by atoms with van der Waals surface area (Å²) in [5.74, 6) is -0.495. The number of rotatable bonds is 18. The lowest BCUT2D eigenvalue weighted by Crippen LogP contribution is -2.24. The molecule has 1 aliphatic rings. The van der Waals surface area contributed by atoms with Crippen molar-refractivity contribution in [3.8, 4) is 0 Å². The average molecular weight is 395 g/mol. The zero-order chi connectivity index (χ0) is 20.5. The van der Waals surface area contributed by atoms with Crippen molar-refractivity contribution >= 4 is 5.97 Å². The fourth-order valence-corrected chi connectivity index (χ4v) is 4.06. The number of allylic oxidation sites excluding steroid dienone is 2. The highest BCUT2D eigenvalue weighted by atomic mass is 16.6. The third kappa shape index (κ3) is 11.9. The van der Waals surface area contributed by atoms with Gasteiger partial charge in [-0.25, -0.2) is 0 Å². The molecule has 3 atom stereocenters. The monoisotopic (exact) mass is 394 g/mol. The standard InChI is InChI=1S/C25H46O3/c1-3-4-5-6-7-8-9-10-11-12-13-14-15-16-17-18-19-20-21-23-24(26)22(2)28-25(23)27/h10-11,22-24,26H,3-9,12-21H2,1-2H3/b11-10-/t22-,23-,24+/m1/s1. The molecule has 0 radical (unpaired) electrons. The highest BCUT2D eigenvalue weighted by molar-refractivity contribution is 5.75. The van der Waals surface area contributed by atoms with Crippen LogP contribution in [0.1, 0.15) is 123 Å². The van der Waals surface area contributed by atoms with Gasteiger partial charge in [-0.15, -0.1) is 0 Å². The van der Waals surface area contributed by atoms with Gasteiger partial charge in [0.2, 0.25) is 0 Å². The summed E-state index contributed by atoms with van der Waals surface area (Å²) in [5, 5.41) is 9.92. The molecule has 0 aromatic rings. The highest BCUT2D eigenvalue weighted by Gasteiger charge is 2.40. The number of unbranched alkanes of at least 4 members (excludes halogenated alkanes) is 14. The van der Waals surface area contributed by atoms with E-state index in [0.29, 0.717) is 0 Å². The Morgan fingerprint density at radius 2 is 1.25 bits per heavy atom. The maximum absolute atomic E-state index is 11.6. The fourth-order valence-electron chi connectivity index (χ4n) is 4.06. The Bertz CT molecular complexity index is 405. The van der Waals surface area contributed by atoms with Crippen molar-refractivity contribution < 1.29 is 14.6 Å². The van der Waals surface area contributed by atoms with Crippen LogP contribution in [0.3, 0.4) is 0 Å². The molecule has 0 aliphatic carbocycles. The van der Waals surface area contributed by atoms with Gasteiger partial charge in [-0.05, 0) is 39.0 Å². The molecule has 0 bridgehead atoms. The molecule has 164 valence electrons. The maximum atomic E-state index is 11.6. The van der Waals surface area contributed by atoms with E-state index in [-0.39, 0.29) is 18.0 Å². The van der Waals surface area contributed by atoms with E-state index in [0.717, 1.165) is 19.3 Å². The molecule has 1 fully saturated rings. The van der Waals surface area contributed by atoms with Crippen LogP contribution in [0.15, 0.2) is 12.2 Å². The van der Waals surface area contributed by atoms with Crippen molar-refractivity contribution in [1.29, 1.82) is 0 Å². The van der Waals surface area contributed by atoms with E-state index in [1.54, 1.807) is 6.92 Å². The summed E-state index contributed by atoms with van der Waals surface area (Å²) >= 11 is 0. The number of ether oxygens (including phenoxy) is 1. The second-order valence-corrected chi connectivity index (χ2v) is 8.67. The molecule has 1 N–H and O–H groups in total. The molecule has 0 unspecified atom stereocenters. The highest BCUT2D eigenvalue weighted by Crippen LogP contribution is 2.26. The Balaban J connectivity index is 1.78. The summed E-state index contributed by atoms with van der Waals surface area (Å²) in [6.45, 7) is 4.04. The van der Waals surface area contributed by atoms with Crippen molar-refractivity contribution in [1.82, 2.24) is 0 Å². The number of cyclic esters (lactones) is 1. The zero-order valence-corrected chi connectivity index (χ0v) is 18.7. The molecule has 0 aromatic carbocycles. The molecule has 0 aromatic heterocycles. The maximum Gasteiger partial charge on any atom is 0.312 e. The van der Waals surface area contributed by atoms with Gasteiger partial charge in [0.25, 0.3) is 0 Å². The van der Waals surface area contributed by atoms with Gasteiger partial charge in [0, 0.05) is 0 Å². The number of carbonyl (C=O) groups excluding carboxylic acids is 1.